The Kier molecular flexibility index (Phi) is 5.86. The van der Waals surface area contributed by atoms with E-state index in [2.05, 4.69) is 28.4 Å². The summed E-state index contributed by atoms with van der Waals surface area (Å²) in [5, 5.41) is 7.82. The molecule has 1 atom stereocenters. The summed E-state index contributed by atoms with van der Waals surface area (Å²) in [6, 6.07) is 0.733. The molecule has 108 valence electrons. The highest BCUT2D eigenvalue weighted by atomic mass is 15.2. The Bertz CT molecular complexity index is 361. The maximum atomic E-state index is 4.25. The quantitative estimate of drug-likeness (QED) is 0.763. The molecule has 1 unspecified atom stereocenters. The number of rotatable bonds is 7. The van der Waals surface area contributed by atoms with Gasteiger partial charge in [0, 0.05) is 32.4 Å². The van der Waals surface area contributed by atoms with Crippen molar-refractivity contribution < 1.29 is 0 Å². The second-order valence-electron chi connectivity index (χ2n) is 5.66. The molecule has 0 bridgehead atoms. The molecule has 0 aromatic carbocycles. The smallest absolute Gasteiger partial charge is 0.0522 e. The normalized spacial score (nSPS) is 20.8. The highest BCUT2D eigenvalue weighted by molar-refractivity contribution is 5.04. The van der Waals surface area contributed by atoms with Gasteiger partial charge in [-0.2, -0.15) is 5.10 Å². The monoisotopic (exact) mass is 264 g/mol. The number of likely N-dealkylation sites (tertiary alicyclic amines) is 1. The Morgan fingerprint density at radius 3 is 3.05 bits per heavy atom. The van der Waals surface area contributed by atoms with Gasteiger partial charge in [-0.1, -0.05) is 13.3 Å². The van der Waals surface area contributed by atoms with Gasteiger partial charge in [-0.25, -0.2) is 0 Å². The zero-order valence-corrected chi connectivity index (χ0v) is 12.4. The molecular weight excluding hydrogens is 236 g/mol. The molecule has 1 aliphatic heterocycles. The van der Waals surface area contributed by atoms with Crippen molar-refractivity contribution in [3.8, 4) is 0 Å². The van der Waals surface area contributed by atoms with Crippen LogP contribution in [0.1, 0.15) is 38.2 Å². The molecule has 1 aromatic heterocycles. The minimum absolute atomic E-state index is 0.733. The van der Waals surface area contributed by atoms with Gasteiger partial charge in [0.1, 0.15) is 0 Å². The van der Waals surface area contributed by atoms with Gasteiger partial charge >= 0.3 is 0 Å². The Hall–Kier alpha value is -0.870. The van der Waals surface area contributed by atoms with Crippen molar-refractivity contribution in [3.05, 3.63) is 18.0 Å². The van der Waals surface area contributed by atoms with Gasteiger partial charge in [0.2, 0.25) is 0 Å². The van der Waals surface area contributed by atoms with E-state index in [0.717, 1.165) is 25.6 Å². The molecule has 2 heterocycles. The zero-order valence-electron chi connectivity index (χ0n) is 12.4. The van der Waals surface area contributed by atoms with Gasteiger partial charge in [0.15, 0.2) is 0 Å². The summed E-state index contributed by atoms with van der Waals surface area (Å²) in [4.78, 5) is 2.67. The first-order valence-corrected chi connectivity index (χ1v) is 7.72. The van der Waals surface area contributed by atoms with Gasteiger partial charge in [0.05, 0.1) is 6.20 Å². The molecule has 4 nitrogen and oxygen atoms in total. The van der Waals surface area contributed by atoms with Crippen molar-refractivity contribution >= 4 is 0 Å². The third kappa shape index (κ3) is 4.62. The maximum Gasteiger partial charge on any atom is 0.0522 e. The summed E-state index contributed by atoms with van der Waals surface area (Å²) in [6.45, 7) is 6.96. The van der Waals surface area contributed by atoms with Gasteiger partial charge in [-0.05, 0) is 44.3 Å². The van der Waals surface area contributed by atoms with Crippen molar-refractivity contribution in [2.75, 3.05) is 26.2 Å². The molecule has 1 N–H and O–H groups in total. The largest absolute Gasteiger partial charge is 0.315 e. The minimum Gasteiger partial charge on any atom is -0.315 e. The van der Waals surface area contributed by atoms with Crippen LogP contribution in [0.4, 0.5) is 0 Å². The molecule has 0 saturated carbocycles. The fraction of sp³-hybridized carbons (Fsp3) is 0.800. The molecule has 0 aliphatic carbocycles. The predicted molar refractivity (Wildman–Crippen MR) is 79.3 cm³/mol. The standard InChI is InChI=1S/C15H28N4/c1-3-8-16-12-15-6-4-5-9-19(15)10-7-14-11-17-18(2)13-14/h11,13,15-16H,3-10,12H2,1-2H3. The third-order valence-electron chi connectivity index (χ3n) is 4.00. The highest BCUT2D eigenvalue weighted by Crippen LogP contribution is 2.17. The van der Waals surface area contributed by atoms with Crippen molar-refractivity contribution in [1.82, 2.24) is 20.0 Å². The number of aryl methyl sites for hydroxylation is 1. The van der Waals surface area contributed by atoms with E-state index in [-0.39, 0.29) is 0 Å². The van der Waals surface area contributed by atoms with Crippen LogP contribution in [0, 0.1) is 0 Å². The summed E-state index contributed by atoms with van der Waals surface area (Å²) in [6.07, 6.45) is 10.6. The number of hydrogen-bond acceptors (Lipinski definition) is 3. The first kappa shape index (κ1) is 14.5. The van der Waals surface area contributed by atoms with Gasteiger partial charge in [-0.3, -0.25) is 9.58 Å². The second kappa shape index (κ2) is 7.65. The van der Waals surface area contributed by atoms with Crippen LogP contribution in [0.2, 0.25) is 0 Å². The minimum atomic E-state index is 0.733. The van der Waals surface area contributed by atoms with E-state index in [4.69, 9.17) is 0 Å². The summed E-state index contributed by atoms with van der Waals surface area (Å²) in [5.41, 5.74) is 1.35. The Balaban J connectivity index is 1.78. The predicted octanol–water partition coefficient (Wildman–Crippen LogP) is 1.82. The van der Waals surface area contributed by atoms with Gasteiger partial charge < -0.3 is 5.32 Å². The Morgan fingerprint density at radius 2 is 2.32 bits per heavy atom. The van der Waals surface area contributed by atoms with E-state index in [9.17, 15) is 0 Å². The van der Waals surface area contributed by atoms with Gasteiger partial charge in [0.25, 0.3) is 0 Å². The van der Waals surface area contributed by atoms with Crippen LogP contribution in [0.25, 0.3) is 0 Å². The molecule has 1 aromatic rings. The summed E-state index contributed by atoms with van der Waals surface area (Å²) >= 11 is 0. The van der Waals surface area contributed by atoms with Crippen LogP contribution >= 0.6 is 0 Å². The average Bonchev–Trinajstić information content (AvgIpc) is 2.84. The lowest BCUT2D eigenvalue weighted by Gasteiger charge is -2.35. The van der Waals surface area contributed by atoms with Crippen molar-refractivity contribution in [2.24, 2.45) is 7.05 Å². The van der Waals surface area contributed by atoms with Gasteiger partial charge in [-0.15, -0.1) is 0 Å². The summed E-state index contributed by atoms with van der Waals surface area (Å²) in [5.74, 6) is 0. The van der Waals surface area contributed by atoms with E-state index in [1.54, 1.807) is 0 Å². The van der Waals surface area contributed by atoms with Crippen LogP contribution in [-0.2, 0) is 13.5 Å². The second-order valence-corrected chi connectivity index (χ2v) is 5.66. The summed E-state index contributed by atoms with van der Waals surface area (Å²) in [7, 11) is 1.99. The first-order chi connectivity index (χ1) is 9.29. The molecule has 0 radical (unpaired) electrons. The molecule has 0 amide bonds. The Labute approximate surface area is 117 Å². The van der Waals surface area contributed by atoms with Crippen LogP contribution < -0.4 is 5.32 Å². The molecule has 2 rings (SSSR count). The average molecular weight is 264 g/mol. The highest BCUT2D eigenvalue weighted by Gasteiger charge is 2.21. The number of nitrogens with zero attached hydrogens (tertiary/aromatic N) is 3. The fourth-order valence-corrected chi connectivity index (χ4v) is 2.90. The molecule has 0 spiro atoms. The lowest BCUT2D eigenvalue weighted by Crippen LogP contribution is -2.46. The van der Waals surface area contributed by atoms with Crippen molar-refractivity contribution in [3.63, 3.8) is 0 Å². The lowest BCUT2D eigenvalue weighted by molar-refractivity contribution is 0.147. The van der Waals surface area contributed by atoms with Crippen molar-refractivity contribution in [2.45, 2.75) is 45.1 Å². The SMILES string of the molecule is CCCNCC1CCCCN1CCc1cnn(C)c1. The lowest BCUT2D eigenvalue weighted by atomic mass is 10.0. The van der Waals surface area contributed by atoms with E-state index >= 15 is 0 Å². The first-order valence-electron chi connectivity index (χ1n) is 7.72. The van der Waals surface area contributed by atoms with E-state index in [1.807, 2.05) is 17.9 Å². The zero-order chi connectivity index (χ0) is 13.5. The molecule has 19 heavy (non-hydrogen) atoms. The van der Waals surface area contributed by atoms with Crippen LogP contribution in [0.15, 0.2) is 12.4 Å². The number of hydrogen-bond donors (Lipinski definition) is 1. The van der Waals surface area contributed by atoms with Crippen LogP contribution in [0.3, 0.4) is 0 Å². The maximum absolute atomic E-state index is 4.25. The van der Waals surface area contributed by atoms with Crippen LogP contribution in [-0.4, -0.2) is 46.9 Å². The van der Waals surface area contributed by atoms with E-state index < -0.39 is 0 Å². The van der Waals surface area contributed by atoms with Crippen molar-refractivity contribution in [1.29, 1.82) is 0 Å². The number of nitrogens with one attached hydrogen (secondary N) is 1. The molecule has 1 fully saturated rings. The number of piperidine rings is 1. The topological polar surface area (TPSA) is 33.1 Å². The number of aromatic nitrogens is 2. The molecule has 1 aliphatic rings. The molecular formula is C15H28N4. The van der Waals surface area contributed by atoms with E-state index in [0.29, 0.717) is 0 Å². The summed E-state index contributed by atoms with van der Waals surface area (Å²) < 4.78 is 1.89. The van der Waals surface area contributed by atoms with Crippen LogP contribution in [0.5, 0.6) is 0 Å². The Morgan fingerprint density at radius 1 is 1.42 bits per heavy atom. The molecule has 4 heteroatoms. The van der Waals surface area contributed by atoms with E-state index in [1.165, 1.54) is 44.3 Å². The fourth-order valence-electron chi connectivity index (χ4n) is 2.90. The molecule has 1 saturated heterocycles. The third-order valence-corrected chi connectivity index (χ3v) is 4.00.